The number of hydrogen-bond acceptors (Lipinski definition) is 4. The van der Waals surface area contributed by atoms with Crippen molar-refractivity contribution in [1.82, 2.24) is 5.32 Å². The molecular weight excluding hydrogens is 286 g/mol. The van der Waals surface area contributed by atoms with E-state index in [0.717, 1.165) is 18.4 Å². The van der Waals surface area contributed by atoms with Crippen LogP contribution in [0, 0.1) is 0 Å². The fraction of sp³-hybridized carbons (Fsp3) is 0.500. The van der Waals surface area contributed by atoms with Gasteiger partial charge >= 0.3 is 5.97 Å². The summed E-state index contributed by atoms with van der Waals surface area (Å²) in [7, 11) is 1.37. The average Bonchev–Trinajstić information content (AvgIpc) is 2.47. The number of hydrogen-bond donors (Lipinski definition) is 2. The zero-order valence-electron chi connectivity index (χ0n) is 12.6. The standard InChI is InChI=1S/C16H21NO5/c1-21-14(16(19)20)9-11-5-7-13(8-6-11)22-10-15(18)17-12-3-2-4-12/h5-8,12,14H,2-4,9-10H2,1H3,(H,17,18)(H,19,20)/t14-/m0/s1. The van der Waals surface area contributed by atoms with E-state index in [1.807, 2.05) is 0 Å². The van der Waals surface area contributed by atoms with Gasteiger partial charge in [0.25, 0.3) is 5.91 Å². The zero-order valence-corrected chi connectivity index (χ0v) is 12.6. The maximum Gasteiger partial charge on any atom is 0.333 e. The molecule has 2 rings (SSSR count). The molecule has 0 aromatic heterocycles. The van der Waals surface area contributed by atoms with Gasteiger partial charge in [-0.05, 0) is 37.0 Å². The van der Waals surface area contributed by atoms with Crippen molar-refractivity contribution in [3.63, 3.8) is 0 Å². The third-order valence-corrected chi connectivity index (χ3v) is 3.74. The van der Waals surface area contributed by atoms with Crippen LogP contribution in [-0.4, -0.2) is 42.8 Å². The number of ether oxygens (including phenoxy) is 2. The van der Waals surface area contributed by atoms with Crippen LogP contribution in [0.4, 0.5) is 0 Å². The molecule has 22 heavy (non-hydrogen) atoms. The molecule has 0 saturated heterocycles. The van der Waals surface area contributed by atoms with Crippen LogP contribution in [0.15, 0.2) is 24.3 Å². The highest BCUT2D eigenvalue weighted by atomic mass is 16.5. The van der Waals surface area contributed by atoms with Crippen LogP contribution in [-0.2, 0) is 20.7 Å². The van der Waals surface area contributed by atoms with Crippen LogP contribution in [0.25, 0.3) is 0 Å². The second kappa shape index (κ2) is 7.79. The third-order valence-electron chi connectivity index (χ3n) is 3.74. The molecule has 1 aliphatic rings. The van der Waals surface area contributed by atoms with Gasteiger partial charge in [0, 0.05) is 19.6 Å². The van der Waals surface area contributed by atoms with Crippen LogP contribution < -0.4 is 10.1 Å². The minimum atomic E-state index is -0.990. The molecular formula is C16H21NO5. The summed E-state index contributed by atoms with van der Waals surface area (Å²) >= 11 is 0. The van der Waals surface area contributed by atoms with E-state index >= 15 is 0 Å². The fourth-order valence-electron chi connectivity index (χ4n) is 2.18. The Labute approximate surface area is 129 Å². The van der Waals surface area contributed by atoms with Gasteiger partial charge in [0.05, 0.1) is 0 Å². The molecule has 1 atom stereocenters. The molecule has 1 aromatic rings. The number of carbonyl (C=O) groups is 2. The first-order chi connectivity index (χ1) is 10.6. The van der Waals surface area contributed by atoms with Gasteiger partial charge in [-0.2, -0.15) is 0 Å². The first-order valence-corrected chi connectivity index (χ1v) is 7.35. The number of aliphatic carboxylic acids is 1. The van der Waals surface area contributed by atoms with Gasteiger partial charge in [-0.1, -0.05) is 12.1 Å². The van der Waals surface area contributed by atoms with Crippen molar-refractivity contribution in [3.05, 3.63) is 29.8 Å². The molecule has 0 unspecified atom stereocenters. The van der Waals surface area contributed by atoms with Crippen LogP contribution >= 0.6 is 0 Å². The zero-order chi connectivity index (χ0) is 15.9. The van der Waals surface area contributed by atoms with Crippen molar-refractivity contribution in [2.24, 2.45) is 0 Å². The van der Waals surface area contributed by atoms with Crippen LogP contribution in [0.5, 0.6) is 5.75 Å². The van der Waals surface area contributed by atoms with E-state index in [0.29, 0.717) is 11.8 Å². The Hall–Kier alpha value is -2.08. The van der Waals surface area contributed by atoms with Gasteiger partial charge in [-0.25, -0.2) is 4.79 Å². The highest BCUT2D eigenvalue weighted by Crippen LogP contribution is 2.18. The minimum Gasteiger partial charge on any atom is -0.484 e. The molecule has 1 saturated carbocycles. The summed E-state index contributed by atoms with van der Waals surface area (Å²) in [5.74, 6) is -0.522. The first kappa shape index (κ1) is 16.3. The number of carbonyl (C=O) groups excluding carboxylic acids is 1. The molecule has 6 heteroatoms. The molecule has 6 nitrogen and oxygen atoms in total. The lowest BCUT2D eigenvalue weighted by Crippen LogP contribution is -2.41. The summed E-state index contributed by atoms with van der Waals surface area (Å²) in [4.78, 5) is 22.5. The first-order valence-electron chi connectivity index (χ1n) is 7.35. The smallest absolute Gasteiger partial charge is 0.333 e. The molecule has 0 bridgehead atoms. The number of methoxy groups -OCH3 is 1. The highest BCUT2D eigenvalue weighted by molar-refractivity contribution is 5.78. The van der Waals surface area contributed by atoms with Crippen molar-refractivity contribution in [2.75, 3.05) is 13.7 Å². The summed E-state index contributed by atoms with van der Waals surface area (Å²) in [6, 6.07) is 7.30. The number of nitrogens with one attached hydrogen (secondary N) is 1. The number of amides is 1. The molecule has 1 amide bonds. The predicted octanol–water partition coefficient (Wildman–Crippen LogP) is 1.38. The third kappa shape index (κ3) is 4.73. The van der Waals surface area contributed by atoms with Crippen LogP contribution in [0.1, 0.15) is 24.8 Å². The molecule has 0 radical (unpaired) electrons. The number of carboxylic acids is 1. The Morgan fingerprint density at radius 1 is 1.32 bits per heavy atom. The van der Waals surface area contributed by atoms with E-state index < -0.39 is 12.1 Å². The van der Waals surface area contributed by atoms with Crippen molar-refractivity contribution >= 4 is 11.9 Å². The maximum atomic E-state index is 11.6. The molecule has 120 valence electrons. The van der Waals surface area contributed by atoms with E-state index in [1.54, 1.807) is 24.3 Å². The summed E-state index contributed by atoms with van der Waals surface area (Å²) in [5.41, 5.74) is 0.834. The lowest BCUT2D eigenvalue weighted by molar-refractivity contribution is -0.148. The van der Waals surface area contributed by atoms with Crippen molar-refractivity contribution in [2.45, 2.75) is 37.8 Å². The maximum absolute atomic E-state index is 11.6. The number of benzene rings is 1. The Kier molecular flexibility index (Phi) is 5.77. The van der Waals surface area contributed by atoms with Gasteiger partial charge in [-0.15, -0.1) is 0 Å². The minimum absolute atomic E-state index is 0.00827. The molecule has 1 aromatic carbocycles. The summed E-state index contributed by atoms with van der Waals surface area (Å²) < 4.78 is 10.3. The SMILES string of the molecule is CO[C@@H](Cc1ccc(OCC(=O)NC2CCC2)cc1)C(=O)O. The lowest BCUT2D eigenvalue weighted by Gasteiger charge is -2.26. The predicted molar refractivity (Wildman–Crippen MR) is 79.9 cm³/mol. The summed E-state index contributed by atoms with van der Waals surface area (Å²) in [6.07, 6.45) is 2.69. The second-order valence-electron chi connectivity index (χ2n) is 5.39. The van der Waals surface area contributed by atoms with Crippen molar-refractivity contribution in [1.29, 1.82) is 0 Å². The van der Waals surface area contributed by atoms with Crippen LogP contribution in [0.2, 0.25) is 0 Å². The molecule has 0 aliphatic heterocycles. The monoisotopic (exact) mass is 307 g/mol. The van der Waals surface area contributed by atoms with E-state index in [2.05, 4.69) is 5.32 Å². The molecule has 0 heterocycles. The van der Waals surface area contributed by atoms with Crippen LogP contribution in [0.3, 0.4) is 0 Å². The van der Waals surface area contributed by atoms with Gasteiger partial charge in [0.2, 0.25) is 0 Å². The fourth-order valence-corrected chi connectivity index (χ4v) is 2.18. The van der Waals surface area contributed by atoms with Gasteiger partial charge in [0.15, 0.2) is 12.7 Å². The van der Waals surface area contributed by atoms with E-state index in [4.69, 9.17) is 14.6 Å². The number of carboxylic acid groups (broad SMARTS) is 1. The van der Waals surface area contributed by atoms with Crippen molar-refractivity contribution < 1.29 is 24.2 Å². The Balaban J connectivity index is 1.78. The van der Waals surface area contributed by atoms with Gasteiger partial charge in [0.1, 0.15) is 5.75 Å². The van der Waals surface area contributed by atoms with Gasteiger partial charge < -0.3 is 19.9 Å². The molecule has 2 N–H and O–H groups in total. The molecule has 0 spiro atoms. The van der Waals surface area contributed by atoms with E-state index in [-0.39, 0.29) is 18.9 Å². The largest absolute Gasteiger partial charge is 0.484 e. The van der Waals surface area contributed by atoms with Gasteiger partial charge in [-0.3, -0.25) is 4.79 Å². The topological polar surface area (TPSA) is 84.9 Å². The van der Waals surface area contributed by atoms with Crippen molar-refractivity contribution in [3.8, 4) is 5.75 Å². The normalized spacial score (nSPS) is 15.7. The average molecular weight is 307 g/mol. The Morgan fingerprint density at radius 2 is 2.00 bits per heavy atom. The molecule has 1 aliphatic carbocycles. The summed E-state index contributed by atoms with van der Waals surface area (Å²) in [5, 5.41) is 11.8. The molecule has 1 fully saturated rings. The second-order valence-corrected chi connectivity index (χ2v) is 5.39. The Bertz CT molecular complexity index is 510. The quantitative estimate of drug-likeness (QED) is 0.758. The Morgan fingerprint density at radius 3 is 2.50 bits per heavy atom. The van der Waals surface area contributed by atoms with E-state index in [1.165, 1.54) is 13.5 Å². The number of rotatable bonds is 8. The highest BCUT2D eigenvalue weighted by Gasteiger charge is 2.19. The van der Waals surface area contributed by atoms with E-state index in [9.17, 15) is 9.59 Å². The lowest BCUT2D eigenvalue weighted by atomic mass is 9.93. The summed E-state index contributed by atoms with van der Waals surface area (Å²) in [6.45, 7) is -0.00827.